The summed E-state index contributed by atoms with van der Waals surface area (Å²) in [4.78, 5) is 32.7. The van der Waals surface area contributed by atoms with Gasteiger partial charge in [0, 0.05) is 41.3 Å². The van der Waals surface area contributed by atoms with Crippen LogP contribution < -0.4 is 21.1 Å². The topological polar surface area (TPSA) is 110 Å². The van der Waals surface area contributed by atoms with Gasteiger partial charge in [-0.2, -0.15) is 0 Å². The van der Waals surface area contributed by atoms with Crippen molar-refractivity contribution >= 4 is 39.7 Å². The minimum absolute atomic E-state index is 0.178. The van der Waals surface area contributed by atoms with Gasteiger partial charge in [-0.3, -0.25) is 14.9 Å². The predicted octanol–water partition coefficient (Wildman–Crippen LogP) is 2.98. The maximum absolute atomic E-state index is 12.7. The monoisotopic (exact) mass is 437 g/mol. The zero-order chi connectivity index (χ0) is 21.8. The fourth-order valence-electron chi connectivity index (χ4n) is 3.19. The summed E-state index contributed by atoms with van der Waals surface area (Å²) in [7, 11) is 2.07. The van der Waals surface area contributed by atoms with Gasteiger partial charge < -0.3 is 20.7 Å². The van der Waals surface area contributed by atoms with Gasteiger partial charge in [0.25, 0.3) is 11.8 Å². The molecular formula is C22H23N5O3S. The number of carbonyl (C=O) groups is 2. The van der Waals surface area contributed by atoms with Crippen LogP contribution in [0.25, 0.3) is 0 Å². The van der Waals surface area contributed by atoms with E-state index in [1.54, 1.807) is 48.5 Å². The first-order valence-electron chi connectivity index (χ1n) is 9.83. The largest absolute Gasteiger partial charge is 0.484 e. The molecule has 160 valence electrons. The van der Waals surface area contributed by atoms with Gasteiger partial charge in [0.2, 0.25) is 0 Å². The maximum atomic E-state index is 12.7. The number of thiazole rings is 1. The van der Waals surface area contributed by atoms with Crippen LogP contribution in [-0.2, 0) is 17.8 Å². The first kappa shape index (κ1) is 20.8. The molecule has 3 aromatic rings. The van der Waals surface area contributed by atoms with E-state index < -0.39 is 0 Å². The second kappa shape index (κ2) is 9.15. The van der Waals surface area contributed by atoms with E-state index in [4.69, 9.17) is 10.5 Å². The number of aromatic nitrogens is 1. The highest BCUT2D eigenvalue weighted by Gasteiger charge is 2.19. The highest BCUT2D eigenvalue weighted by atomic mass is 32.1. The Kier molecular flexibility index (Phi) is 6.15. The highest BCUT2D eigenvalue weighted by molar-refractivity contribution is 7.15. The van der Waals surface area contributed by atoms with Crippen LogP contribution in [0.4, 0.5) is 16.5 Å². The second-order valence-electron chi connectivity index (χ2n) is 7.32. The molecule has 4 N–H and O–H groups in total. The molecule has 0 spiro atoms. The van der Waals surface area contributed by atoms with Crippen LogP contribution in [0.15, 0.2) is 48.5 Å². The molecule has 0 radical (unpaired) electrons. The summed E-state index contributed by atoms with van der Waals surface area (Å²) < 4.78 is 5.55. The first-order valence-corrected chi connectivity index (χ1v) is 10.6. The lowest BCUT2D eigenvalue weighted by atomic mass is 10.2. The number of benzene rings is 2. The standard InChI is InChI=1S/C22H23N5O3S/c1-27-10-9-18-19(12-27)31-22(25-18)26-21(29)14-3-2-4-17(11-14)30-13-20(28)24-16-7-5-15(23)6-8-16/h2-8,11H,9-10,12-13,23H2,1H3,(H,24,28)(H,25,26,29). The van der Waals surface area contributed by atoms with Gasteiger partial charge in [-0.1, -0.05) is 6.07 Å². The molecule has 0 atom stereocenters. The summed E-state index contributed by atoms with van der Waals surface area (Å²) in [5, 5.41) is 6.19. The molecule has 1 aromatic heterocycles. The fraction of sp³-hybridized carbons (Fsp3) is 0.227. The van der Waals surface area contributed by atoms with Crippen molar-refractivity contribution in [3.8, 4) is 5.75 Å². The normalized spacial score (nSPS) is 13.3. The number of ether oxygens (including phenoxy) is 1. The van der Waals surface area contributed by atoms with Crippen molar-refractivity contribution in [1.29, 1.82) is 0 Å². The van der Waals surface area contributed by atoms with E-state index in [0.717, 1.165) is 25.2 Å². The molecule has 0 unspecified atom stereocenters. The van der Waals surface area contributed by atoms with Gasteiger partial charge >= 0.3 is 0 Å². The van der Waals surface area contributed by atoms with Gasteiger partial charge in [0.05, 0.1) is 5.69 Å². The third-order valence-electron chi connectivity index (χ3n) is 4.80. The van der Waals surface area contributed by atoms with Crippen molar-refractivity contribution in [2.24, 2.45) is 0 Å². The summed E-state index contributed by atoms with van der Waals surface area (Å²) >= 11 is 1.51. The number of nitrogens with one attached hydrogen (secondary N) is 2. The number of anilines is 3. The SMILES string of the molecule is CN1CCc2nc(NC(=O)c3cccc(OCC(=O)Nc4ccc(N)cc4)c3)sc2C1. The number of hydrogen-bond donors (Lipinski definition) is 3. The van der Waals surface area contributed by atoms with Gasteiger partial charge in [0.15, 0.2) is 11.7 Å². The molecular weight excluding hydrogens is 414 g/mol. The molecule has 8 nitrogen and oxygen atoms in total. The molecule has 2 heterocycles. The second-order valence-corrected chi connectivity index (χ2v) is 8.40. The van der Waals surface area contributed by atoms with Gasteiger partial charge in [-0.25, -0.2) is 4.98 Å². The number of carbonyl (C=O) groups excluding carboxylic acids is 2. The summed E-state index contributed by atoms with van der Waals surface area (Å²) in [5.41, 5.74) is 8.38. The van der Waals surface area contributed by atoms with E-state index >= 15 is 0 Å². The average Bonchev–Trinajstić information content (AvgIpc) is 3.15. The Morgan fingerprint density at radius 3 is 2.81 bits per heavy atom. The van der Waals surface area contributed by atoms with Crippen molar-refractivity contribution in [2.45, 2.75) is 13.0 Å². The minimum atomic E-state index is -0.307. The molecule has 0 aliphatic carbocycles. The van der Waals surface area contributed by atoms with Crippen LogP contribution in [-0.4, -0.2) is 41.9 Å². The number of nitrogens with zero attached hydrogens (tertiary/aromatic N) is 2. The van der Waals surface area contributed by atoms with E-state index in [-0.39, 0.29) is 18.4 Å². The van der Waals surface area contributed by atoms with E-state index in [2.05, 4.69) is 27.6 Å². The quantitative estimate of drug-likeness (QED) is 0.512. The Bertz CT molecular complexity index is 1100. The van der Waals surface area contributed by atoms with Gasteiger partial charge in [0.1, 0.15) is 5.75 Å². The number of hydrogen-bond acceptors (Lipinski definition) is 7. The first-order chi connectivity index (χ1) is 15.0. The molecule has 1 aliphatic heterocycles. The molecule has 31 heavy (non-hydrogen) atoms. The fourth-order valence-corrected chi connectivity index (χ4v) is 4.27. The Balaban J connectivity index is 1.34. The molecule has 2 amide bonds. The number of nitrogens with two attached hydrogens (primary N) is 1. The Morgan fingerprint density at radius 2 is 2.00 bits per heavy atom. The van der Waals surface area contributed by atoms with E-state index in [9.17, 15) is 9.59 Å². The van der Waals surface area contributed by atoms with Gasteiger partial charge in [-0.05, 0) is 49.5 Å². The molecule has 0 saturated heterocycles. The number of likely N-dealkylation sites (N-methyl/N-ethyl adjacent to an activating group) is 1. The van der Waals surface area contributed by atoms with E-state index in [1.165, 1.54) is 16.2 Å². The zero-order valence-electron chi connectivity index (χ0n) is 17.1. The Morgan fingerprint density at radius 1 is 1.19 bits per heavy atom. The predicted molar refractivity (Wildman–Crippen MR) is 122 cm³/mol. The molecule has 1 aliphatic rings. The van der Waals surface area contributed by atoms with Crippen molar-refractivity contribution in [3.63, 3.8) is 0 Å². The van der Waals surface area contributed by atoms with Crippen molar-refractivity contribution < 1.29 is 14.3 Å². The molecule has 0 saturated carbocycles. The lowest BCUT2D eigenvalue weighted by molar-refractivity contribution is -0.118. The molecule has 2 aromatic carbocycles. The third kappa shape index (κ3) is 5.39. The summed E-state index contributed by atoms with van der Waals surface area (Å²) in [5.74, 6) is -0.144. The average molecular weight is 438 g/mol. The van der Waals surface area contributed by atoms with E-state index in [0.29, 0.717) is 27.8 Å². The number of amides is 2. The zero-order valence-corrected chi connectivity index (χ0v) is 17.9. The Labute approximate surface area is 184 Å². The van der Waals surface area contributed by atoms with Crippen LogP contribution >= 0.6 is 11.3 Å². The number of rotatable bonds is 6. The van der Waals surface area contributed by atoms with Crippen LogP contribution in [0.2, 0.25) is 0 Å². The van der Waals surface area contributed by atoms with E-state index in [1.807, 2.05) is 0 Å². The lowest BCUT2D eigenvalue weighted by Crippen LogP contribution is -2.25. The van der Waals surface area contributed by atoms with Crippen LogP contribution in [0.1, 0.15) is 20.9 Å². The summed E-state index contributed by atoms with van der Waals surface area (Å²) in [6, 6.07) is 13.5. The van der Waals surface area contributed by atoms with Gasteiger partial charge in [-0.15, -0.1) is 11.3 Å². The number of fused-ring (bicyclic) bond motifs is 1. The van der Waals surface area contributed by atoms with Crippen molar-refractivity contribution in [3.05, 3.63) is 64.7 Å². The van der Waals surface area contributed by atoms with Crippen LogP contribution in [0.5, 0.6) is 5.75 Å². The molecule has 0 fully saturated rings. The van der Waals surface area contributed by atoms with Crippen LogP contribution in [0, 0.1) is 0 Å². The van der Waals surface area contributed by atoms with Crippen molar-refractivity contribution in [2.75, 3.05) is 36.6 Å². The lowest BCUT2D eigenvalue weighted by Gasteiger charge is -2.20. The Hall–Kier alpha value is -3.43. The minimum Gasteiger partial charge on any atom is -0.484 e. The smallest absolute Gasteiger partial charge is 0.262 e. The summed E-state index contributed by atoms with van der Waals surface area (Å²) in [6.07, 6.45) is 0.889. The molecule has 0 bridgehead atoms. The highest BCUT2D eigenvalue weighted by Crippen LogP contribution is 2.28. The third-order valence-corrected chi connectivity index (χ3v) is 5.80. The number of nitrogen functional groups attached to an aromatic ring is 1. The maximum Gasteiger partial charge on any atom is 0.262 e. The van der Waals surface area contributed by atoms with Crippen LogP contribution in [0.3, 0.4) is 0 Å². The van der Waals surface area contributed by atoms with Crippen molar-refractivity contribution in [1.82, 2.24) is 9.88 Å². The molecule has 9 heteroatoms. The summed E-state index contributed by atoms with van der Waals surface area (Å²) in [6.45, 7) is 1.64. The molecule has 4 rings (SSSR count).